The summed E-state index contributed by atoms with van der Waals surface area (Å²) in [6, 6.07) is 5.49. The van der Waals surface area contributed by atoms with E-state index in [1.807, 2.05) is 26.0 Å². The lowest BCUT2D eigenvalue weighted by atomic mass is 10.1. The minimum atomic E-state index is -0.0974. The quantitative estimate of drug-likeness (QED) is 0.620. The third-order valence-corrected chi connectivity index (χ3v) is 2.51. The molecule has 0 heterocycles. The van der Waals surface area contributed by atoms with Crippen LogP contribution in [0, 0.1) is 5.92 Å². The lowest BCUT2D eigenvalue weighted by molar-refractivity contribution is -0.116. The zero-order valence-corrected chi connectivity index (χ0v) is 12.6. The van der Waals surface area contributed by atoms with Crippen LogP contribution in [0.25, 0.3) is 6.08 Å². The highest BCUT2D eigenvalue weighted by Gasteiger charge is 2.03. The highest BCUT2D eigenvalue weighted by Crippen LogP contribution is 2.24. The third kappa shape index (κ3) is 5.78. The molecule has 0 aliphatic carbocycles. The van der Waals surface area contributed by atoms with Crippen molar-refractivity contribution in [1.82, 2.24) is 5.32 Å². The molecule has 0 spiro atoms. The van der Waals surface area contributed by atoms with Gasteiger partial charge in [-0.05, 0) is 43.5 Å². The molecule has 0 atom stereocenters. The molecule has 20 heavy (non-hydrogen) atoms. The lowest BCUT2D eigenvalue weighted by Crippen LogP contribution is -2.25. The Kier molecular flexibility index (Phi) is 6.10. The van der Waals surface area contributed by atoms with Gasteiger partial charge in [-0.25, -0.2) is 0 Å². The van der Waals surface area contributed by atoms with E-state index in [1.54, 1.807) is 12.1 Å². The maximum absolute atomic E-state index is 11.6. The number of hydrogen-bond donors (Lipinski definition) is 2. The Morgan fingerprint density at radius 3 is 2.60 bits per heavy atom. The summed E-state index contributed by atoms with van der Waals surface area (Å²) in [6.45, 7) is 8.68. The van der Waals surface area contributed by atoms with Crippen LogP contribution < -0.4 is 15.8 Å². The molecule has 0 aliphatic heterocycles. The molecule has 0 aliphatic rings. The van der Waals surface area contributed by atoms with E-state index in [1.165, 1.54) is 6.08 Å². The fraction of sp³-hybridized carbons (Fsp3) is 0.438. The number of ether oxygens (including phenoxy) is 1. The summed E-state index contributed by atoms with van der Waals surface area (Å²) in [6.07, 6.45) is 3.34. The van der Waals surface area contributed by atoms with Crippen molar-refractivity contribution in [1.29, 1.82) is 0 Å². The van der Waals surface area contributed by atoms with Gasteiger partial charge in [0.1, 0.15) is 5.75 Å². The molecule has 0 unspecified atom stereocenters. The summed E-state index contributed by atoms with van der Waals surface area (Å²) in [4.78, 5) is 11.6. The molecular formula is C16H24N2O2. The second-order valence-corrected chi connectivity index (χ2v) is 5.44. The zero-order valence-electron chi connectivity index (χ0n) is 12.6. The lowest BCUT2D eigenvalue weighted by Gasteiger charge is -2.12. The van der Waals surface area contributed by atoms with Gasteiger partial charge in [0.05, 0.1) is 11.8 Å². The van der Waals surface area contributed by atoms with E-state index in [0.29, 0.717) is 23.9 Å². The average Bonchev–Trinajstić information content (AvgIpc) is 2.36. The van der Waals surface area contributed by atoms with Crippen molar-refractivity contribution in [3.8, 4) is 5.75 Å². The van der Waals surface area contributed by atoms with Gasteiger partial charge in [0.15, 0.2) is 0 Å². The SMILES string of the molecule is CC(C)CNC(=O)/C=C\c1ccc(OC(C)C)c(N)c1. The molecule has 1 rings (SSSR count). The number of benzene rings is 1. The van der Waals surface area contributed by atoms with E-state index in [0.717, 1.165) is 5.56 Å². The Morgan fingerprint density at radius 2 is 2.05 bits per heavy atom. The normalized spacial score (nSPS) is 11.3. The van der Waals surface area contributed by atoms with E-state index >= 15 is 0 Å². The maximum Gasteiger partial charge on any atom is 0.244 e. The molecule has 1 amide bonds. The van der Waals surface area contributed by atoms with Crippen molar-refractivity contribution in [2.24, 2.45) is 5.92 Å². The van der Waals surface area contributed by atoms with E-state index in [-0.39, 0.29) is 12.0 Å². The van der Waals surface area contributed by atoms with Gasteiger partial charge in [-0.15, -0.1) is 0 Å². The topological polar surface area (TPSA) is 64.3 Å². The zero-order chi connectivity index (χ0) is 15.1. The van der Waals surface area contributed by atoms with Crippen LogP contribution in [-0.2, 0) is 4.79 Å². The number of nitrogens with one attached hydrogen (secondary N) is 1. The molecule has 4 nitrogen and oxygen atoms in total. The summed E-state index contributed by atoms with van der Waals surface area (Å²) in [5.41, 5.74) is 7.36. The first-order valence-corrected chi connectivity index (χ1v) is 6.90. The van der Waals surface area contributed by atoms with Crippen LogP contribution in [-0.4, -0.2) is 18.6 Å². The van der Waals surface area contributed by atoms with Crippen molar-refractivity contribution < 1.29 is 9.53 Å². The number of carbonyl (C=O) groups excluding carboxylic acids is 1. The van der Waals surface area contributed by atoms with Crippen LogP contribution in [0.4, 0.5) is 5.69 Å². The van der Waals surface area contributed by atoms with Crippen LogP contribution >= 0.6 is 0 Å². The smallest absolute Gasteiger partial charge is 0.244 e. The van der Waals surface area contributed by atoms with Gasteiger partial charge in [-0.1, -0.05) is 19.9 Å². The number of carbonyl (C=O) groups is 1. The Morgan fingerprint density at radius 1 is 1.35 bits per heavy atom. The van der Waals surface area contributed by atoms with Crippen molar-refractivity contribution in [2.75, 3.05) is 12.3 Å². The Labute approximate surface area is 121 Å². The molecule has 0 saturated heterocycles. The first kappa shape index (κ1) is 16.1. The fourth-order valence-electron chi connectivity index (χ4n) is 1.57. The summed E-state index contributed by atoms with van der Waals surface area (Å²) >= 11 is 0. The van der Waals surface area contributed by atoms with Crippen molar-refractivity contribution >= 4 is 17.7 Å². The summed E-state index contributed by atoms with van der Waals surface area (Å²) < 4.78 is 5.56. The fourth-order valence-corrected chi connectivity index (χ4v) is 1.57. The minimum Gasteiger partial charge on any atom is -0.489 e. The maximum atomic E-state index is 11.6. The molecule has 0 fully saturated rings. The van der Waals surface area contributed by atoms with Gasteiger partial charge in [-0.3, -0.25) is 4.79 Å². The molecule has 0 radical (unpaired) electrons. The molecule has 3 N–H and O–H groups in total. The van der Waals surface area contributed by atoms with Crippen LogP contribution in [0.5, 0.6) is 5.75 Å². The standard InChI is InChI=1S/C16H24N2O2/c1-11(2)10-18-16(19)8-6-13-5-7-15(14(17)9-13)20-12(3)4/h5-9,11-12H,10,17H2,1-4H3,(H,18,19)/b8-6-. The third-order valence-electron chi connectivity index (χ3n) is 2.51. The Hall–Kier alpha value is -1.97. The number of anilines is 1. The van der Waals surface area contributed by atoms with Crippen LogP contribution in [0.15, 0.2) is 24.3 Å². The van der Waals surface area contributed by atoms with E-state index in [9.17, 15) is 4.79 Å². The Bertz CT molecular complexity index is 479. The van der Waals surface area contributed by atoms with Gasteiger partial charge >= 0.3 is 0 Å². The van der Waals surface area contributed by atoms with Crippen molar-refractivity contribution in [3.63, 3.8) is 0 Å². The average molecular weight is 276 g/mol. The van der Waals surface area contributed by atoms with E-state index in [2.05, 4.69) is 19.2 Å². The van der Waals surface area contributed by atoms with Gasteiger partial charge in [-0.2, -0.15) is 0 Å². The molecule has 1 aromatic rings. The van der Waals surface area contributed by atoms with Crippen LogP contribution in [0.3, 0.4) is 0 Å². The number of hydrogen-bond acceptors (Lipinski definition) is 3. The second-order valence-electron chi connectivity index (χ2n) is 5.44. The Balaban J connectivity index is 2.64. The highest BCUT2D eigenvalue weighted by atomic mass is 16.5. The van der Waals surface area contributed by atoms with Crippen molar-refractivity contribution in [3.05, 3.63) is 29.8 Å². The number of nitrogens with two attached hydrogens (primary N) is 1. The summed E-state index contributed by atoms with van der Waals surface area (Å²) in [5, 5.41) is 2.82. The minimum absolute atomic E-state index is 0.0838. The predicted molar refractivity (Wildman–Crippen MR) is 83.5 cm³/mol. The summed E-state index contributed by atoms with van der Waals surface area (Å²) in [7, 11) is 0. The van der Waals surface area contributed by atoms with Gasteiger partial charge < -0.3 is 15.8 Å². The number of nitrogen functional groups attached to an aromatic ring is 1. The van der Waals surface area contributed by atoms with Gasteiger partial charge in [0.2, 0.25) is 5.91 Å². The van der Waals surface area contributed by atoms with E-state index < -0.39 is 0 Å². The highest BCUT2D eigenvalue weighted by molar-refractivity contribution is 5.91. The number of amides is 1. The second kappa shape index (κ2) is 7.58. The van der Waals surface area contributed by atoms with Crippen molar-refractivity contribution in [2.45, 2.75) is 33.8 Å². The number of rotatable bonds is 6. The van der Waals surface area contributed by atoms with E-state index in [4.69, 9.17) is 10.5 Å². The predicted octanol–water partition coefficient (Wildman–Crippen LogP) is 2.84. The molecule has 110 valence electrons. The van der Waals surface area contributed by atoms with Gasteiger partial charge in [0.25, 0.3) is 0 Å². The monoisotopic (exact) mass is 276 g/mol. The molecular weight excluding hydrogens is 252 g/mol. The molecule has 1 aromatic carbocycles. The van der Waals surface area contributed by atoms with Gasteiger partial charge in [0, 0.05) is 12.6 Å². The first-order chi connectivity index (χ1) is 9.38. The van der Waals surface area contributed by atoms with Crippen LogP contribution in [0.2, 0.25) is 0 Å². The molecule has 0 aromatic heterocycles. The molecule has 4 heteroatoms. The van der Waals surface area contributed by atoms with Crippen LogP contribution in [0.1, 0.15) is 33.3 Å². The largest absolute Gasteiger partial charge is 0.489 e. The molecule has 0 saturated carbocycles. The summed E-state index contributed by atoms with van der Waals surface area (Å²) in [5.74, 6) is 1.01. The first-order valence-electron chi connectivity index (χ1n) is 6.90. The molecule has 0 bridgehead atoms.